The number of carbonyl (C=O) groups excluding carboxylic acids is 2. The maximum atomic E-state index is 13.2. The van der Waals surface area contributed by atoms with Gasteiger partial charge in [-0.1, -0.05) is 36.0 Å². The number of sulfonamides is 1. The van der Waals surface area contributed by atoms with E-state index >= 15 is 0 Å². The van der Waals surface area contributed by atoms with Gasteiger partial charge in [-0.05, 0) is 47.8 Å². The largest absolute Gasteiger partial charge is 0.497 e. The third kappa shape index (κ3) is 5.27. The average molecular weight is 502 g/mol. The Morgan fingerprint density at radius 1 is 1.09 bits per heavy atom. The number of hydrogen-bond donors (Lipinski definition) is 1. The fourth-order valence-electron chi connectivity index (χ4n) is 3.09. The number of anilines is 2. The molecular formula is C22H19N3O5S3. The highest BCUT2D eigenvalue weighted by atomic mass is 32.2. The number of carbonyl (C=O) groups is 2. The van der Waals surface area contributed by atoms with E-state index < -0.39 is 21.2 Å². The van der Waals surface area contributed by atoms with Crippen molar-refractivity contribution in [3.63, 3.8) is 0 Å². The number of thiophene rings is 1. The highest BCUT2D eigenvalue weighted by Crippen LogP contribution is 2.35. The van der Waals surface area contributed by atoms with Gasteiger partial charge in [0, 0.05) is 12.1 Å². The monoisotopic (exact) mass is 501 g/mol. The molecule has 1 atom stereocenters. The lowest BCUT2D eigenvalue weighted by molar-refractivity contribution is -0.121. The smallest absolute Gasteiger partial charge is 0.294 e. The van der Waals surface area contributed by atoms with Crippen molar-refractivity contribution in [1.82, 2.24) is 0 Å². The van der Waals surface area contributed by atoms with Crippen LogP contribution < -0.4 is 15.0 Å². The van der Waals surface area contributed by atoms with Gasteiger partial charge in [0.05, 0.1) is 12.8 Å². The summed E-state index contributed by atoms with van der Waals surface area (Å²) in [6.45, 7) is 0. The van der Waals surface area contributed by atoms with Gasteiger partial charge < -0.3 is 10.1 Å². The highest BCUT2D eigenvalue weighted by Gasteiger charge is 2.41. The van der Waals surface area contributed by atoms with Crippen LogP contribution in [0.25, 0.3) is 0 Å². The summed E-state index contributed by atoms with van der Waals surface area (Å²) < 4.78 is 34.6. The number of nitrogens with one attached hydrogen (secondary N) is 1. The number of benzene rings is 2. The standard InChI is InChI=1S/C22H19N3O5S3/c1-30-17-11-9-15(10-12-17)23-19(26)14-18-21(27)25(16-6-3-2-4-7-16)22(32-18)24-33(28,29)20-8-5-13-31-20/h2-13,18H,14H2,1H3,(H,23,26)/t18-/m0/s1. The molecule has 0 spiro atoms. The lowest BCUT2D eigenvalue weighted by atomic mass is 10.2. The number of hydrogen-bond acceptors (Lipinski definition) is 7. The first kappa shape index (κ1) is 23.0. The van der Waals surface area contributed by atoms with Gasteiger partial charge in [0.25, 0.3) is 10.0 Å². The molecule has 1 aromatic heterocycles. The summed E-state index contributed by atoms with van der Waals surface area (Å²) in [6, 6.07) is 18.5. The van der Waals surface area contributed by atoms with E-state index in [-0.39, 0.29) is 21.7 Å². The molecule has 4 rings (SSSR count). The fraction of sp³-hybridized carbons (Fsp3) is 0.136. The molecule has 11 heteroatoms. The van der Waals surface area contributed by atoms with Crippen molar-refractivity contribution in [3.8, 4) is 5.75 Å². The van der Waals surface area contributed by atoms with Crippen LogP contribution in [0.4, 0.5) is 11.4 Å². The third-order valence-corrected chi connectivity index (χ3v) is 8.53. The fourth-order valence-corrected chi connectivity index (χ4v) is 6.39. The number of amides is 2. The second kappa shape index (κ2) is 9.77. The van der Waals surface area contributed by atoms with Gasteiger partial charge in [0.15, 0.2) is 5.17 Å². The second-order valence-corrected chi connectivity index (χ2v) is 10.8. The van der Waals surface area contributed by atoms with Gasteiger partial charge >= 0.3 is 0 Å². The Balaban J connectivity index is 1.57. The molecule has 1 aliphatic heterocycles. The van der Waals surface area contributed by atoms with Crippen molar-refractivity contribution >= 4 is 61.5 Å². The molecule has 2 heterocycles. The first-order valence-electron chi connectivity index (χ1n) is 9.75. The molecule has 0 bridgehead atoms. The van der Waals surface area contributed by atoms with Crippen molar-refractivity contribution in [3.05, 3.63) is 72.1 Å². The Bertz CT molecular complexity index is 1270. The molecule has 0 unspecified atom stereocenters. The number of para-hydroxylation sites is 1. The van der Waals surface area contributed by atoms with Gasteiger partial charge in [-0.25, -0.2) is 0 Å². The van der Waals surface area contributed by atoms with Gasteiger partial charge in [-0.2, -0.15) is 8.42 Å². The van der Waals surface area contributed by atoms with Crippen molar-refractivity contribution in [1.29, 1.82) is 0 Å². The lowest BCUT2D eigenvalue weighted by Crippen LogP contribution is -2.33. The third-order valence-electron chi connectivity index (χ3n) is 4.64. The molecule has 33 heavy (non-hydrogen) atoms. The minimum atomic E-state index is -3.99. The Morgan fingerprint density at radius 2 is 1.82 bits per heavy atom. The molecule has 170 valence electrons. The number of thioether (sulfide) groups is 1. The van der Waals surface area contributed by atoms with Gasteiger partial charge in [-0.3, -0.25) is 14.5 Å². The van der Waals surface area contributed by atoms with E-state index in [2.05, 4.69) is 9.71 Å². The van der Waals surface area contributed by atoms with Crippen LogP contribution in [0.2, 0.25) is 0 Å². The zero-order valence-corrected chi connectivity index (χ0v) is 19.8. The van der Waals surface area contributed by atoms with Gasteiger partial charge in [0.2, 0.25) is 11.8 Å². The number of ether oxygens (including phenoxy) is 1. The molecular weight excluding hydrogens is 482 g/mol. The number of amidine groups is 1. The Hall–Kier alpha value is -3.15. The molecule has 0 saturated carbocycles. The van der Waals surface area contributed by atoms with Crippen molar-refractivity contribution in [2.24, 2.45) is 4.40 Å². The van der Waals surface area contributed by atoms with E-state index in [1.807, 2.05) is 0 Å². The maximum absolute atomic E-state index is 13.2. The molecule has 2 amide bonds. The molecule has 3 aromatic rings. The van der Waals surface area contributed by atoms with Crippen LogP contribution in [0.5, 0.6) is 5.75 Å². The van der Waals surface area contributed by atoms with E-state index in [0.29, 0.717) is 17.1 Å². The van der Waals surface area contributed by atoms with Crippen LogP contribution in [0.3, 0.4) is 0 Å². The van der Waals surface area contributed by atoms with E-state index in [1.54, 1.807) is 73.2 Å². The normalized spacial score (nSPS) is 17.4. The summed E-state index contributed by atoms with van der Waals surface area (Å²) >= 11 is 2.01. The number of nitrogens with zero attached hydrogens (tertiary/aromatic N) is 2. The minimum Gasteiger partial charge on any atom is -0.497 e. The Morgan fingerprint density at radius 3 is 2.45 bits per heavy atom. The molecule has 1 aliphatic rings. The number of methoxy groups -OCH3 is 1. The van der Waals surface area contributed by atoms with Crippen LogP contribution in [0, 0.1) is 0 Å². The molecule has 2 aromatic carbocycles. The maximum Gasteiger partial charge on any atom is 0.294 e. The highest BCUT2D eigenvalue weighted by molar-refractivity contribution is 8.16. The van der Waals surface area contributed by atoms with Crippen molar-refractivity contribution in [2.45, 2.75) is 15.9 Å². The predicted molar refractivity (Wildman–Crippen MR) is 130 cm³/mol. The zero-order chi connectivity index (χ0) is 23.4. The van der Waals surface area contributed by atoms with Gasteiger partial charge in [-0.15, -0.1) is 15.7 Å². The predicted octanol–water partition coefficient (Wildman–Crippen LogP) is 3.98. The average Bonchev–Trinajstić information content (AvgIpc) is 3.44. The summed E-state index contributed by atoms with van der Waals surface area (Å²) in [5.74, 6) is -0.126. The van der Waals surface area contributed by atoms with Crippen LogP contribution in [0.15, 0.2) is 80.7 Å². The first-order valence-corrected chi connectivity index (χ1v) is 13.0. The Labute approximate surface area is 199 Å². The van der Waals surface area contributed by atoms with E-state index in [0.717, 1.165) is 23.1 Å². The van der Waals surface area contributed by atoms with E-state index in [9.17, 15) is 18.0 Å². The second-order valence-electron chi connectivity index (χ2n) is 6.88. The summed E-state index contributed by atoms with van der Waals surface area (Å²) in [4.78, 5) is 27.1. The summed E-state index contributed by atoms with van der Waals surface area (Å²) in [5, 5.41) is 3.58. The summed E-state index contributed by atoms with van der Waals surface area (Å²) in [7, 11) is -2.44. The van der Waals surface area contributed by atoms with Crippen LogP contribution in [0.1, 0.15) is 6.42 Å². The van der Waals surface area contributed by atoms with Crippen molar-refractivity contribution < 1.29 is 22.7 Å². The van der Waals surface area contributed by atoms with E-state index in [1.165, 1.54) is 11.0 Å². The van der Waals surface area contributed by atoms with Gasteiger partial charge in [0.1, 0.15) is 15.2 Å². The van der Waals surface area contributed by atoms with Crippen LogP contribution in [-0.4, -0.2) is 37.8 Å². The summed E-state index contributed by atoms with van der Waals surface area (Å²) in [5.41, 5.74) is 1.04. The SMILES string of the molecule is COc1ccc(NC(=O)C[C@@H]2SC(=NS(=O)(=O)c3cccs3)N(c3ccccc3)C2=O)cc1. The quantitative estimate of drug-likeness (QED) is 0.525. The molecule has 1 saturated heterocycles. The Kier molecular flexibility index (Phi) is 6.82. The molecule has 0 aliphatic carbocycles. The molecule has 0 radical (unpaired) electrons. The molecule has 8 nitrogen and oxygen atoms in total. The number of rotatable bonds is 7. The zero-order valence-electron chi connectivity index (χ0n) is 17.4. The lowest BCUT2D eigenvalue weighted by Gasteiger charge is -2.16. The topological polar surface area (TPSA) is 105 Å². The van der Waals surface area contributed by atoms with E-state index in [4.69, 9.17) is 4.74 Å². The van der Waals surface area contributed by atoms with Crippen LogP contribution in [-0.2, 0) is 19.6 Å². The first-order chi connectivity index (χ1) is 15.9. The van der Waals surface area contributed by atoms with Crippen LogP contribution >= 0.6 is 23.1 Å². The molecule has 1 N–H and O–H groups in total. The molecule has 1 fully saturated rings. The minimum absolute atomic E-state index is 0.0156. The summed E-state index contributed by atoms with van der Waals surface area (Å²) in [6.07, 6.45) is -0.142. The van der Waals surface area contributed by atoms with Crippen molar-refractivity contribution in [2.75, 3.05) is 17.3 Å².